The predicted octanol–water partition coefficient (Wildman–Crippen LogP) is 3.56. The molecule has 1 aliphatic heterocycles. The zero-order valence-electron chi connectivity index (χ0n) is 17.9. The number of carbonyl (C=O) groups excluding carboxylic acids is 1. The molecule has 2 aliphatic rings. The van der Waals surface area contributed by atoms with E-state index in [2.05, 4.69) is 26.9 Å². The summed E-state index contributed by atoms with van der Waals surface area (Å²) in [6, 6.07) is 12.1. The third-order valence-electron chi connectivity index (χ3n) is 6.56. The summed E-state index contributed by atoms with van der Waals surface area (Å²) in [7, 11) is 0. The topological polar surface area (TPSA) is 81.2 Å². The van der Waals surface area contributed by atoms with Crippen molar-refractivity contribution in [3.05, 3.63) is 80.9 Å². The molecule has 31 heavy (non-hydrogen) atoms. The molecule has 160 valence electrons. The highest BCUT2D eigenvalue weighted by atomic mass is 16.4. The number of nitrogens with zero attached hydrogens (tertiary/aromatic N) is 4. The fraction of sp³-hybridized carbons (Fsp3) is 0.417. The molecular formula is C24H26N4O3. The smallest absolute Gasteiger partial charge is 0.349 e. The lowest BCUT2D eigenvalue weighted by Crippen LogP contribution is -2.43. The second kappa shape index (κ2) is 7.80. The molecule has 1 atom stereocenters. The lowest BCUT2D eigenvalue weighted by Gasteiger charge is -2.34. The summed E-state index contributed by atoms with van der Waals surface area (Å²) in [5, 5.41) is 8.53. The minimum atomic E-state index is -0.533. The van der Waals surface area contributed by atoms with E-state index in [0.717, 1.165) is 37.3 Å². The maximum Gasteiger partial charge on any atom is 0.349 e. The molecular weight excluding hydrogens is 392 g/mol. The molecule has 2 aromatic heterocycles. The van der Waals surface area contributed by atoms with Crippen LogP contribution in [0.2, 0.25) is 0 Å². The van der Waals surface area contributed by atoms with Gasteiger partial charge in [0.25, 0.3) is 5.91 Å². The fourth-order valence-electron chi connectivity index (χ4n) is 4.71. The second-order valence-corrected chi connectivity index (χ2v) is 8.68. The minimum absolute atomic E-state index is 0.00620. The first-order chi connectivity index (χ1) is 15.0. The van der Waals surface area contributed by atoms with Gasteiger partial charge in [0.15, 0.2) is 5.82 Å². The van der Waals surface area contributed by atoms with Crippen LogP contribution in [0.4, 0.5) is 0 Å². The van der Waals surface area contributed by atoms with Crippen molar-refractivity contribution in [1.29, 1.82) is 0 Å². The molecule has 0 radical (unpaired) electrons. The van der Waals surface area contributed by atoms with E-state index in [1.54, 1.807) is 4.90 Å². The van der Waals surface area contributed by atoms with Crippen molar-refractivity contribution in [2.24, 2.45) is 0 Å². The first-order valence-electron chi connectivity index (χ1n) is 10.9. The fourth-order valence-corrected chi connectivity index (χ4v) is 4.71. The molecule has 1 saturated carbocycles. The van der Waals surface area contributed by atoms with Crippen LogP contribution < -0.4 is 5.63 Å². The number of carbonyl (C=O) groups is 1. The van der Waals surface area contributed by atoms with E-state index in [1.165, 1.54) is 5.56 Å². The van der Waals surface area contributed by atoms with Crippen molar-refractivity contribution in [2.45, 2.75) is 58.0 Å². The summed E-state index contributed by atoms with van der Waals surface area (Å²) in [4.78, 5) is 27.9. The van der Waals surface area contributed by atoms with Gasteiger partial charge in [0.2, 0.25) is 0 Å². The molecule has 3 aromatic rings. The molecule has 0 unspecified atom stereocenters. The normalized spacial score (nSPS) is 18.5. The molecule has 1 amide bonds. The molecule has 1 aliphatic carbocycles. The molecule has 0 bridgehead atoms. The highest BCUT2D eigenvalue weighted by molar-refractivity contribution is 5.95. The molecule has 5 rings (SSSR count). The first kappa shape index (κ1) is 19.7. The van der Waals surface area contributed by atoms with E-state index >= 15 is 0 Å². The number of hydrogen-bond donors (Lipinski definition) is 0. The molecule has 1 fully saturated rings. The summed E-state index contributed by atoms with van der Waals surface area (Å²) in [6.45, 7) is 4.57. The monoisotopic (exact) mass is 418 g/mol. The Morgan fingerprint density at radius 3 is 2.61 bits per heavy atom. The van der Waals surface area contributed by atoms with Gasteiger partial charge < -0.3 is 13.9 Å². The summed E-state index contributed by atoms with van der Waals surface area (Å²) in [5.74, 6) is 2.30. The van der Waals surface area contributed by atoms with E-state index in [9.17, 15) is 9.59 Å². The van der Waals surface area contributed by atoms with Crippen LogP contribution >= 0.6 is 0 Å². The Hall–Kier alpha value is -3.22. The van der Waals surface area contributed by atoms with Gasteiger partial charge in [0.1, 0.15) is 17.1 Å². The maximum atomic E-state index is 13.4. The number of amides is 1. The van der Waals surface area contributed by atoms with Gasteiger partial charge in [-0.2, -0.15) is 0 Å². The van der Waals surface area contributed by atoms with Crippen molar-refractivity contribution in [3.63, 3.8) is 0 Å². The molecule has 0 N–H and O–H groups in total. The summed E-state index contributed by atoms with van der Waals surface area (Å²) in [6.07, 6.45) is 3.99. The third kappa shape index (κ3) is 3.58. The Morgan fingerprint density at radius 1 is 1.16 bits per heavy atom. The van der Waals surface area contributed by atoms with Gasteiger partial charge in [-0.25, -0.2) is 4.79 Å². The van der Waals surface area contributed by atoms with Gasteiger partial charge in [-0.15, -0.1) is 10.2 Å². The summed E-state index contributed by atoms with van der Waals surface area (Å²) < 4.78 is 7.68. The van der Waals surface area contributed by atoms with Crippen LogP contribution in [0.3, 0.4) is 0 Å². The van der Waals surface area contributed by atoms with Crippen molar-refractivity contribution in [2.75, 3.05) is 6.54 Å². The van der Waals surface area contributed by atoms with E-state index in [1.807, 2.05) is 38.1 Å². The number of hydrogen-bond acceptors (Lipinski definition) is 5. The number of aryl methyl sites for hydroxylation is 2. The van der Waals surface area contributed by atoms with Crippen molar-refractivity contribution >= 4 is 5.91 Å². The quantitative estimate of drug-likeness (QED) is 0.647. The largest absolute Gasteiger partial charge is 0.427 e. The van der Waals surface area contributed by atoms with Crippen molar-refractivity contribution < 1.29 is 9.21 Å². The van der Waals surface area contributed by atoms with E-state index in [-0.39, 0.29) is 17.5 Å². The van der Waals surface area contributed by atoms with Gasteiger partial charge in [-0.3, -0.25) is 4.79 Å². The Morgan fingerprint density at radius 2 is 1.94 bits per heavy atom. The minimum Gasteiger partial charge on any atom is -0.427 e. The highest BCUT2D eigenvalue weighted by Crippen LogP contribution is 2.36. The van der Waals surface area contributed by atoms with Crippen LogP contribution in [0, 0.1) is 13.8 Å². The number of rotatable bonds is 4. The molecule has 0 spiro atoms. The lowest BCUT2D eigenvalue weighted by atomic mass is 9.83. The Labute approximate surface area is 180 Å². The van der Waals surface area contributed by atoms with Crippen LogP contribution in [0.1, 0.15) is 70.1 Å². The summed E-state index contributed by atoms with van der Waals surface area (Å²) >= 11 is 0. The van der Waals surface area contributed by atoms with Crippen LogP contribution in [0.5, 0.6) is 0 Å². The van der Waals surface area contributed by atoms with Crippen LogP contribution in [0.25, 0.3) is 0 Å². The lowest BCUT2D eigenvalue weighted by molar-refractivity contribution is 0.0665. The second-order valence-electron chi connectivity index (χ2n) is 8.68. The van der Waals surface area contributed by atoms with Crippen molar-refractivity contribution in [1.82, 2.24) is 19.7 Å². The van der Waals surface area contributed by atoms with Crippen LogP contribution in [-0.2, 0) is 13.0 Å². The number of aromatic nitrogens is 3. The van der Waals surface area contributed by atoms with Gasteiger partial charge in [0.05, 0.1) is 12.6 Å². The van der Waals surface area contributed by atoms with Crippen LogP contribution in [0.15, 0.2) is 45.6 Å². The maximum absolute atomic E-state index is 13.4. The zero-order valence-corrected chi connectivity index (χ0v) is 17.9. The Bertz CT molecular complexity index is 1180. The molecule has 7 heteroatoms. The SMILES string of the molecule is Cc1cc(C2CCC2)oc(=O)c1C(=O)N1Cc2nnc(C)n2[C@H](Cc2ccccc2)C1. The Kier molecular flexibility index (Phi) is 4.96. The summed E-state index contributed by atoms with van der Waals surface area (Å²) in [5.41, 5.74) is 1.47. The standard InChI is InChI=1S/C24H26N4O3/c1-15-11-20(18-9-6-10-18)31-24(30)22(15)23(29)27-13-19(12-17-7-4-3-5-8-17)28-16(2)25-26-21(28)14-27/h3-5,7-8,11,18-19H,6,9-10,12-14H2,1-2H3/t19-/m1/s1. The van der Waals surface area contributed by atoms with Gasteiger partial charge in [-0.1, -0.05) is 36.8 Å². The van der Waals surface area contributed by atoms with Gasteiger partial charge in [-0.05, 0) is 50.3 Å². The molecule has 7 nitrogen and oxygen atoms in total. The average Bonchev–Trinajstić information content (AvgIpc) is 3.08. The first-order valence-corrected chi connectivity index (χ1v) is 10.9. The Balaban J connectivity index is 1.45. The van der Waals surface area contributed by atoms with Crippen LogP contribution in [-0.4, -0.2) is 32.1 Å². The molecule has 1 aromatic carbocycles. The van der Waals surface area contributed by atoms with E-state index in [4.69, 9.17) is 4.42 Å². The molecule has 0 saturated heterocycles. The van der Waals surface area contributed by atoms with Crippen molar-refractivity contribution in [3.8, 4) is 0 Å². The van der Waals surface area contributed by atoms with E-state index in [0.29, 0.717) is 30.3 Å². The van der Waals surface area contributed by atoms with Gasteiger partial charge in [0, 0.05) is 12.5 Å². The third-order valence-corrected chi connectivity index (χ3v) is 6.56. The predicted molar refractivity (Wildman–Crippen MR) is 115 cm³/mol. The number of fused-ring (bicyclic) bond motifs is 1. The highest BCUT2D eigenvalue weighted by Gasteiger charge is 2.33. The zero-order chi connectivity index (χ0) is 21.5. The number of benzene rings is 1. The van der Waals surface area contributed by atoms with E-state index < -0.39 is 5.63 Å². The average molecular weight is 418 g/mol. The van der Waals surface area contributed by atoms with Gasteiger partial charge >= 0.3 is 5.63 Å². The molecule has 3 heterocycles.